The van der Waals surface area contributed by atoms with E-state index < -0.39 is 21.9 Å². The first-order valence-corrected chi connectivity index (χ1v) is 7.72. The van der Waals surface area contributed by atoms with Crippen LogP contribution in [-0.2, 0) is 19.5 Å². The maximum absolute atomic E-state index is 12.4. The second-order valence-corrected chi connectivity index (χ2v) is 6.49. The summed E-state index contributed by atoms with van der Waals surface area (Å²) in [7, 11) is -3.68. The van der Waals surface area contributed by atoms with Crippen molar-refractivity contribution in [2.24, 2.45) is 0 Å². The van der Waals surface area contributed by atoms with E-state index in [0.717, 1.165) is 5.56 Å². The first-order chi connectivity index (χ1) is 9.52. The number of rotatable bonds is 3. The predicted molar refractivity (Wildman–Crippen MR) is 73.3 cm³/mol. The summed E-state index contributed by atoms with van der Waals surface area (Å²) in [4.78, 5) is 0.203. The van der Waals surface area contributed by atoms with Crippen LogP contribution in [0.1, 0.15) is 5.56 Å². The largest absolute Gasteiger partial charge is 0.343 e. The number of ether oxygens (including phenoxy) is 2. The molecular weight excluding hydrogens is 278 g/mol. The lowest BCUT2D eigenvalue weighted by Gasteiger charge is -2.30. The van der Waals surface area contributed by atoms with Crippen molar-refractivity contribution in [1.82, 2.24) is 4.72 Å². The van der Waals surface area contributed by atoms with Crippen LogP contribution in [0, 0.1) is 6.92 Å². The Morgan fingerprint density at radius 2 is 2.00 bits per heavy atom. The Hall–Kier alpha value is -1.47. The van der Waals surface area contributed by atoms with Crippen LogP contribution in [0.2, 0.25) is 0 Å². The highest BCUT2D eigenvalue weighted by atomic mass is 32.2. The molecule has 3 rings (SSSR count). The molecule has 0 radical (unpaired) electrons. The number of sulfonamides is 1. The number of hydrogen-bond donors (Lipinski definition) is 1. The number of benzene rings is 1. The SMILES string of the molecule is Cc1ccc(S(=O)(=O)NC23C=CC=CC2OCO3)cc1. The van der Waals surface area contributed by atoms with Crippen molar-refractivity contribution < 1.29 is 17.9 Å². The van der Waals surface area contributed by atoms with E-state index in [1.54, 1.807) is 48.6 Å². The second kappa shape index (κ2) is 4.82. The van der Waals surface area contributed by atoms with Gasteiger partial charge in [0.15, 0.2) is 12.5 Å². The molecule has 1 aromatic rings. The van der Waals surface area contributed by atoms with Gasteiger partial charge in [0.2, 0.25) is 10.0 Å². The van der Waals surface area contributed by atoms with Crippen molar-refractivity contribution in [1.29, 1.82) is 0 Å². The number of hydrogen-bond acceptors (Lipinski definition) is 4. The molecule has 0 amide bonds. The molecule has 5 nitrogen and oxygen atoms in total. The summed E-state index contributed by atoms with van der Waals surface area (Å²) in [6.07, 6.45) is 6.52. The van der Waals surface area contributed by atoms with Gasteiger partial charge in [-0.05, 0) is 25.1 Å². The zero-order valence-corrected chi connectivity index (χ0v) is 11.8. The third-order valence-corrected chi connectivity index (χ3v) is 4.81. The maximum atomic E-state index is 12.4. The zero-order chi connectivity index (χ0) is 14.2. The van der Waals surface area contributed by atoms with E-state index in [1.165, 1.54) is 0 Å². The lowest BCUT2D eigenvalue weighted by molar-refractivity contribution is 0.0120. The van der Waals surface area contributed by atoms with E-state index in [1.807, 2.05) is 6.92 Å². The van der Waals surface area contributed by atoms with Crippen molar-refractivity contribution in [3.05, 3.63) is 54.1 Å². The quantitative estimate of drug-likeness (QED) is 0.916. The van der Waals surface area contributed by atoms with Gasteiger partial charge in [-0.3, -0.25) is 0 Å². The van der Waals surface area contributed by atoms with Crippen molar-refractivity contribution >= 4 is 10.0 Å². The highest BCUT2D eigenvalue weighted by molar-refractivity contribution is 7.89. The van der Waals surface area contributed by atoms with E-state index in [2.05, 4.69) is 4.72 Å². The third-order valence-electron chi connectivity index (χ3n) is 3.33. The minimum atomic E-state index is -3.68. The Bertz CT molecular complexity index is 663. The van der Waals surface area contributed by atoms with Crippen LogP contribution in [0.3, 0.4) is 0 Å². The molecule has 2 unspecified atom stereocenters. The molecular formula is C14H15NO4S. The molecule has 1 aromatic carbocycles. The molecule has 1 aliphatic heterocycles. The number of fused-ring (bicyclic) bond motifs is 1. The molecule has 1 saturated heterocycles. The van der Waals surface area contributed by atoms with E-state index in [-0.39, 0.29) is 11.7 Å². The van der Waals surface area contributed by atoms with Gasteiger partial charge < -0.3 is 9.47 Å². The molecule has 1 N–H and O–H groups in total. The lowest BCUT2D eigenvalue weighted by atomic mass is 10.0. The molecule has 106 valence electrons. The van der Waals surface area contributed by atoms with Gasteiger partial charge in [0.25, 0.3) is 0 Å². The van der Waals surface area contributed by atoms with Crippen LogP contribution in [0.5, 0.6) is 0 Å². The Morgan fingerprint density at radius 3 is 2.75 bits per heavy atom. The molecule has 0 saturated carbocycles. The number of allylic oxidation sites excluding steroid dienone is 2. The topological polar surface area (TPSA) is 64.6 Å². The highest BCUT2D eigenvalue weighted by Crippen LogP contribution is 2.30. The Kier molecular flexibility index (Phi) is 3.25. The minimum absolute atomic E-state index is 0.0514. The van der Waals surface area contributed by atoms with Gasteiger partial charge in [0.1, 0.15) is 6.10 Å². The number of nitrogens with one attached hydrogen (secondary N) is 1. The zero-order valence-electron chi connectivity index (χ0n) is 10.9. The Balaban J connectivity index is 1.92. The van der Waals surface area contributed by atoms with Crippen LogP contribution in [-0.4, -0.2) is 27.0 Å². The summed E-state index contributed by atoms with van der Waals surface area (Å²) in [5.74, 6) is 0. The Morgan fingerprint density at radius 1 is 1.25 bits per heavy atom. The van der Waals surface area contributed by atoms with Gasteiger partial charge >= 0.3 is 0 Å². The third kappa shape index (κ3) is 2.31. The molecule has 0 bridgehead atoms. The van der Waals surface area contributed by atoms with Crippen LogP contribution in [0.4, 0.5) is 0 Å². The second-order valence-electron chi connectivity index (χ2n) is 4.81. The van der Waals surface area contributed by atoms with Crippen LogP contribution in [0.15, 0.2) is 53.5 Å². The normalized spacial score (nSPS) is 28.6. The summed E-state index contributed by atoms with van der Waals surface area (Å²) in [6, 6.07) is 6.65. The van der Waals surface area contributed by atoms with E-state index in [9.17, 15) is 8.42 Å². The summed E-state index contributed by atoms with van der Waals surface area (Å²) in [5, 5.41) is 0. The maximum Gasteiger partial charge on any atom is 0.243 e. The Labute approximate surface area is 117 Å². The van der Waals surface area contributed by atoms with Gasteiger partial charge in [0, 0.05) is 0 Å². The fraction of sp³-hybridized carbons (Fsp3) is 0.286. The average molecular weight is 293 g/mol. The van der Waals surface area contributed by atoms with Gasteiger partial charge in [-0.2, -0.15) is 4.72 Å². The molecule has 0 aromatic heterocycles. The molecule has 2 aliphatic rings. The summed E-state index contributed by atoms with van der Waals surface area (Å²) < 4.78 is 38.3. The van der Waals surface area contributed by atoms with E-state index in [4.69, 9.17) is 9.47 Å². The summed E-state index contributed by atoms with van der Waals surface area (Å²) in [5.41, 5.74) is -0.153. The molecule has 6 heteroatoms. The van der Waals surface area contributed by atoms with Gasteiger partial charge in [-0.1, -0.05) is 35.9 Å². The summed E-state index contributed by atoms with van der Waals surface area (Å²) >= 11 is 0. The van der Waals surface area contributed by atoms with Crippen LogP contribution in [0.25, 0.3) is 0 Å². The highest BCUT2D eigenvalue weighted by Gasteiger charge is 2.46. The van der Waals surface area contributed by atoms with Gasteiger partial charge in [-0.25, -0.2) is 8.42 Å². The molecule has 2 atom stereocenters. The average Bonchev–Trinajstić information content (AvgIpc) is 2.81. The van der Waals surface area contributed by atoms with Crippen LogP contribution >= 0.6 is 0 Å². The summed E-state index contributed by atoms with van der Waals surface area (Å²) in [6.45, 7) is 1.96. The predicted octanol–water partition coefficient (Wildman–Crippen LogP) is 1.47. The van der Waals surface area contributed by atoms with Crippen LogP contribution < -0.4 is 4.72 Å². The fourth-order valence-electron chi connectivity index (χ4n) is 2.22. The lowest BCUT2D eigenvalue weighted by Crippen LogP contribution is -2.53. The molecule has 1 aliphatic carbocycles. The van der Waals surface area contributed by atoms with Gasteiger partial charge in [0.05, 0.1) is 4.90 Å². The molecule has 1 fully saturated rings. The van der Waals surface area contributed by atoms with E-state index >= 15 is 0 Å². The first kappa shape index (κ1) is 13.5. The minimum Gasteiger partial charge on any atom is -0.343 e. The number of aryl methyl sites for hydroxylation is 1. The molecule has 20 heavy (non-hydrogen) atoms. The standard InChI is InChI=1S/C14H15NO4S/c1-11-5-7-12(8-6-11)20(16,17)15-14-9-3-2-4-13(14)18-10-19-14/h2-9,13,15H,10H2,1H3. The van der Waals surface area contributed by atoms with Crippen molar-refractivity contribution in [3.8, 4) is 0 Å². The van der Waals surface area contributed by atoms with Crippen molar-refractivity contribution in [2.75, 3.05) is 6.79 Å². The smallest absolute Gasteiger partial charge is 0.243 e. The molecule has 1 heterocycles. The fourth-order valence-corrected chi connectivity index (χ4v) is 3.50. The van der Waals surface area contributed by atoms with E-state index in [0.29, 0.717) is 0 Å². The monoisotopic (exact) mass is 293 g/mol. The molecule has 0 spiro atoms. The van der Waals surface area contributed by atoms with Crippen molar-refractivity contribution in [3.63, 3.8) is 0 Å². The van der Waals surface area contributed by atoms with Crippen molar-refractivity contribution in [2.45, 2.75) is 23.6 Å². The first-order valence-electron chi connectivity index (χ1n) is 6.24. The van der Waals surface area contributed by atoms with Gasteiger partial charge in [-0.15, -0.1) is 0 Å².